The van der Waals surface area contributed by atoms with Crippen LogP contribution in [0.2, 0.25) is 0 Å². The lowest BCUT2D eigenvalue weighted by atomic mass is 10.1. The number of fused-ring (bicyclic) bond motifs is 1. The molecular weight excluding hydrogens is 362 g/mol. The Morgan fingerprint density at radius 1 is 1.03 bits per heavy atom. The number of nitrogens with zero attached hydrogens (tertiary/aromatic N) is 2. The summed E-state index contributed by atoms with van der Waals surface area (Å²) in [5.74, 6) is 0.624. The molecule has 150 valence electrons. The van der Waals surface area contributed by atoms with Crippen LogP contribution in [0.25, 0.3) is 11.0 Å². The molecule has 29 heavy (non-hydrogen) atoms. The van der Waals surface area contributed by atoms with Gasteiger partial charge in [0, 0.05) is 12.7 Å². The molecule has 5 nitrogen and oxygen atoms in total. The minimum atomic E-state index is -0.207. The molecule has 3 aromatic rings. The standard InChI is InChI=1S/C24H27N3O2/c1-2-3-4-5-6-7-16-29-20-11-8-10-19(17-20)18-26-24(28)23-14-13-21-22(27-23)12-9-15-25-21/h2,8-15,17H,1,3-7,16,18H2,(H,26,28). The van der Waals surface area contributed by atoms with Crippen molar-refractivity contribution in [3.05, 3.63) is 78.6 Å². The van der Waals surface area contributed by atoms with E-state index in [0.29, 0.717) is 24.4 Å². The van der Waals surface area contributed by atoms with E-state index < -0.39 is 0 Å². The number of carbonyl (C=O) groups excluding carboxylic acids is 1. The van der Waals surface area contributed by atoms with Crippen LogP contribution in [0.4, 0.5) is 0 Å². The van der Waals surface area contributed by atoms with Crippen molar-refractivity contribution in [2.24, 2.45) is 0 Å². The number of benzene rings is 1. The van der Waals surface area contributed by atoms with Crippen molar-refractivity contribution >= 4 is 16.9 Å². The summed E-state index contributed by atoms with van der Waals surface area (Å²) in [6.45, 7) is 4.87. The fourth-order valence-corrected chi connectivity index (χ4v) is 3.04. The minimum Gasteiger partial charge on any atom is -0.494 e. The van der Waals surface area contributed by atoms with Crippen LogP contribution in [-0.2, 0) is 6.54 Å². The van der Waals surface area contributed by atoms with Gasteiger partial charge < -0.3 is 10.1 Å². The van der Waals surface area contributed by atoms with Gasteiger partial charge in [-0.25, -0.2) is 4.98 Å². The van der Waals surface area contributed by atoms with Crippen molar-refractivity contribution in [3.8, 4) is 5.75 Å². The van der Waals surface area contributed by atoms with Crippen LogP contribution in [0.1, 0.15) is 48.2 Å². The Labute approximate surface area is 171 Å². The highest BCUT2D eigenvalue weighted by atomic mass is 16.5. The number of carbonyl (C=O) groups is 1. The fraction of sp³-hybridized carbons (Fsp3) is 0.292. The fourth-order valence-electron chi connectivity index (χ4n) is 3.04. The SMILES string of the molecule is C=CCCCCCCOc1cccc(CNC(=O)c2ccc3ncccc3n2)c1. The zero-order valence-corrected chi connectivity index (χ0v) is 16.6. The summed E-state index contributed by atoms with van der Waals surface area (Å²) in [6.07, 6.45) is 9.37. The summed E-state index contributed by atoms with van der Waals surface area (Å²) in [6, 6.07) is 15.0. The first kappa shape index (κ1) is 20.5. The van der Waals surface area contributed by atoms with Crippen molar-refractivity contribution in [2.75, 3.05) is 6.61 Å². The number of pyridine rings is 2. The number of hydrogen-bond acceptors (Lipinski definition) is 4. The van der Waals surface area contributed by atoms with Crippen molar-refractivity contribution in [3.63, 3.8) is 0 Å². The summed E-state index contributed by atoms with van der Waals surface area (Å²) >= 11 is 0. The molecule has 0 saturated heterocycles. The van der Waals surface area contributed by atoms with E-state index in [9.17, 15) is 4.79 Å². The minimum absolute atomic E-state index is 0.207. The Kier molecular flexibility index (Phi) is 7.75. The summed E-state index contributed by atoms with van der Waals surface area (Å²) in [5, 5.41) is 2.92. The molecule has 1 aromatic carbocycles. The maximum absolute atomic E-state index is 12.4. The third-order valence-corrected chi connectivity index (χ3v) is 4.61. The van der Waals surface area contributed by atoms with Crippen molar-refractivity contribution in [1.82, 2.24) is 15.3 Å². The van der Waals surface area contributed by atoms with Gasteiger partial charge in [-0.2, -0.15) is 0 Å². The molecule has 0 saturated carbocycles. The number of ether oxygens (including phenoxy) is 1. The van der Waals surface area contributed by atoms with E-state index >= 15 is 0 Å². The lowest BCUT2D eigenvalue weighted by Crippen LogP contribution is -2.23. The van der Waals surface area contributed by atoms with Crippen LogP contribution >= 0.6 is 0 Å². The first-order valence-corrected chi connectivity index (χ1v) is 10.1. The molecule has 0 radical (unpaired) electrons. The van der Waals surface area contributed by atoms with Gasteiger partial charge in [0.2, 0.25) is 0 Å². The highest BCUT2D eigenvalue weighted by molar-refractivity contribution is 5.94. The molecule has 1 N–H and O–H groups in total. The maximum atomic E-state index is 12.4. The predicted octanol–water partition coefficient (Wildman–Crippen LogP) is 5.08. The number of rotatable bonds is 11. The lowest BCUT2D eigenvalue weighted by molar-refractivity contribution is 0.0946. The summed E-state index contributed by atoms with van der Waals surface area (Å²) in [7, 11) is 0. The smallest absolute Gasteiger partial charge is 0.270 e. The lowest BCUT2D eigenvalue weighted by Gasteiger charge is -2.09. The molecule has 0 atom stereocenters. The molecule has 5 heteroatoms. The second-order valence-electron chi connectivity index (χ2n) is 6.91. The van der Waals surface area contributed by atoms with Gasteiger partial charge in [-0.15, -0.1) is 6.58 Å². The number of amides is 1. The van der Waals surface area contributed by atoms with Crippen LogP contribution in [0.5, 0.6) is 5.75 Å². The Morgan fingerprint density at radius 2 is 1.93 bits per heavy atom. The highest BCUT2D eigenvalue weighted by Gasteiger charge is 2.08. The second kappa shape index (κ2) is 11.0. The van der Waals surface area contributed by atoms with Gasteiger partial charge in [0.25, 0.3) is 5.91 Å². The normalized spacial score (nSPS) is 10.6. The summed E-state index contributed by atoms with van der Waals surface area (Å²) in [4.78, 5) is 21.0. The van der Waals surface area contributed by atoms with Gasteiger partial charge in [-0.3, -0.25) is 9.78 Å². The first-order valence-electron chi connectivity index (χ1n) is 10.1. The number of unbranched alkanes of at least 4 members (excludes halogenated alkanes) is 4. The number of hydrogen-bond donors (Lipinski definition) is 1. The van der Waals surface area contributed by atoms with Crippen molar-refractivity contribution in [1.29, 1.82) is 0 Å². The Morgan fingerprint density at radius 3 is 2.83 bits per heavy atom. The molecule has 0 aliphatic carbocycles. The molecule has 0 spiro atoms. The Hall–Kier alpha value is -3.21. The van der Waals surface area contributed by atoms with E-state index in [1.165, 1.54) is 12.8 Å². The second-order valence-corrected chi connectivity index (χ2v) is 6.91. The van der Waals surface area contributed by atoms with Crippen LogP contribution in [-0.4, -0.2) is 22.5 Å². The zero-order valence-electron chi connectivity index (χ0n) is 16.6. The quantitative estimate of drug-likeness (QED) is 0.367. The van der Waals surface area contributed by atoms with Crippen LogP contribution in [0.3, 0.4) is 0 Å². The molecular formula is C24H27N3O2. The third kappa shape index (κ3) is 6.42. The van der Waals surface area contributed by atoms with Gasteiger partial charge in [0.05, 0.1) is 17.6 Å². The van der Waals surface area contributed by atoms with E-state index in [-0.39, 0.29) is 5.91 Å². The molecule has 0 fully saturated rings. The van der Waals surface area contributed by atoms with Crippen LogP contribution in [0.15, 0.2) is 67.4 Å². The average Bonchev–Trinajstić information content (AvgIpc) is 2.77. The Bertz CT molecular complexity index is 956. The van der Waals surface area contributed by atoms with E-state index in [1.807, 2.05) is 48.5 Å². The maximum Gasteiger partial charge on any atom is 0.270 e. The van der Waals surface area contributed by atoms with E-state index in [2.05, 4.69) is 21.9 Å². The third-order valence-electron chi connectivity index (χ3n) is 4.61. The monoisotopic (exact) mass is 389 g/mol. The molecule has 0 unspecified atom stereocenters. The molecule has 3 rings (SSSR count). The average molecular weight is 389 g/mol. The van der Waals surface area contributed by atoms with E-state index in [4.69, 9.17) is 4.74 Å². The molecule has 2 heterocycles. The number of aromatic nitrogens is 2. The van der Waals surface area contributed by atoms with Gasteiger partial charge in [0.1, 0.15) is 11.4 Å². The van der Waals surface area contributed by atoms with Crippen molar-refractivity contribution < 1.29 is 9.53 Å². The van der Waals surface area contributed by atoms with E-state index in [1.54, 1.807) is 12.3 Å². The summed E-state index contributed by atoms with van der Waals surface area (Å²) in [5.41, 5.74) is 2.85. The molecule has 0 aliphatic rings. The van der Waals surface area contributed by atoms with Gasteiger partial charge in [-0.1, -0.05) is 31.1 Å². The largest absolute Gasteiger partial charge is 0.494 e. The molecule has 0 aliphatic heterocycles. The molecule has 2 aromatic heterocycles. The molecule has 0 bridgehead atoms. The van der Waals surface area contributed by atoms with Gasteiger partial charge in [-0.05, 0) is 61.2 Å². The van der Waals surface area contributed by atoms with Gasteiger partial charge >= 0.3 is 0 Å². The molecule has 1 amide bonds. The predicted molar refractivity (Wildman–Crippen MR) is 116 cm³/mol. The van der Waals surface area contributed by atoms with Crippen molar-refractivity contribution in [2.45, 2.75) is 38.6 Å². The number of nitrogens with one attached hydrogen (secondary N) is 1. The number of allylic oxidation sites excluding steroid dienone is 1. The van der Waals surface area contributed by atoms with Crippen LogP contribution in [0, 0.1) is 0 Å². The van der Waals surface area contributed by atoms with Crippen LogP contribution < -0.4 is 10.1 Å². The van der Waals surface area contributed by atoms with Gasteiger partial charge in [0.15, 0.2) is 0 Å². The first-order chi connectivity index (χ1) is 14.3. The highest BCUT2D eigenvalue weighted by Crippen LogP contribution is 2.15. The zero-order chi connectivity index (χ0) is 20.3. The summed E-state index contributed by atoms with van der Waals surface area (Å²) < 4.78 is 5.84. The van der Waals surface area contributed by atoms with E-state index in [0.717, 1.165) is 36.1 Å². The topological polar surface area (TPSA) is 64.1 Å². The Balaban J connectivity index is 1.46.